The summed E-state index contributed by atoms with van der Waals surface area (Å²) in [6, 6.07) is 71.5. The van der Waals surface area contributed by atoms with Crippen molar-refractivity contribution in [1.29, 1.82) is 0 Å². The van der Waals surface area contributed by atoms with E-state index in [-0.39, 0.29) is 0 Å². The van der Waals surface area contributed by atoms with Crippen molar-refractivity contribution in [3.8, 4) is 22.3 Å². The topological polar surface area (TPSA) is 29.5 Å². The van der Waals surface area contributed by atoms with Crippen LogP contribution >= 0.6 is 0 Å². The minimum atomic E-state index is 0.845. The van der Waals surface area contributed by atoms with E-state index in [2.05, 4.69) is 193 Å². The van der Waals surface area contributed by atoms with Crippen LogP contribution in [0.2, 0.25) is 0 Å². The first-order valence-corrected chi connectivity index (χ1v) is 19.4. The number of furan rings is 2. The lowest BCUT2D eigenvalue weighted by Crippen LogP contribution is -2.11. The summed E-state index contributed by atoms with van der Waals surface area (Å²) in [4.78, 5) is 2.35. The van der Waals surface area contributed by atoms with Gasteiger partial charge in [0.25, 0.3) is 0 Å². The van der Waals surface area contributed by atoms with Crippen molar-refractivity contribution in [3.63, 3.8) is 0 Å². The van der Waals surface area contributed by atoms with Gasteiger partial charge in [0.1, 0.15) is 16.7 Å². The first-order chi connectivity index (χ1) is 28.2. The Morgan fingerprint density at radius 1 is 0.316 bits per heavy atom. The van der Waals surface area contributed by atoms with Crippen LogP contribution in [-0.2, 0) is 0 Å². The van der Waals surface area contributed by atoms with Crippen molar-refractivity contribution in [2.45, 2.75) is 0 Å². The zero-order valence-electron chi connectivity index (χ0n) is 30.8. The molecule has 0 aliphatic rings. The van der Waals surface area contributed by atoms with E-state index in [0.29, 0.717) is 0 Å². The molecule has 12 aromatic rings. The van der Waals surface area contributed by atoms with E-state index in [1.54, 1.807) is 0 Å². The summed E-state index contributed by atoms with van der Waals surface area (Å²) in [7, 11) is 0. The van der Waals surface area contributed by atoms with Gasteiger partial charge in [0.2, 0.25) is 0 Å². The van der Waals surface area contributed by atoms with Gasteiger partial charge >= 0.3 is 0 Å². The molecular weight excluding hydrogens is 695 g/mol. The predicted molar refractivity (Wildman–Crippen MR) is 239 cm³/mol. The maximum Gasteiger partial charge on any atom is 0.159 e. The van der Waals surface area contributed by atoms with Crippen LogP contribution in [0.5, 0.6) is 0 Å². The molecule has 0 bridgehead atoms. The number of benzene rings is 10. The van der Waals surface area contributed by atoms with Gasteiger partial charge in [0.15, 0.2) is 5.58 Å². The van der Waals surface area contributed by atoms with Crippen LogP contribution in [0.3, 0.4) is 0 Å². The number of hydrogen-bond donors (Lipinski definition) is 0. The number of para-hydroxylation sites is 3. The summed E-state index contributed by atoms with van der Waals surface area (Å²) >= 11 is 0. The van der Waals surface area contributed by atoms with Gasteiger partial charge in [-0.1, -0.05) is 146 Å². The highest BCUT2D eigenvalue weighted by Gasteiger charge is 2.24. The lowest BCUT2D eigenvalue weighted by molar-refractivity contribution is 0.669. The highest BCUT2D eigenvalue weighted by atomic mass is 16.3. The van der Waals surface area contributed by atoms with Gasteiger partial charge in [0.05, 0.1) is 11.4 Å². The quantitative estimate of drug-likeness (QED) is 0.165. The van der Waals surface area contributed by atoms with Gasteiger partial charge < -0.3 is 13.7 Å². The molecular formula is C54H33NO2. The Kier molecular flexibility index (Phi) is 6.93. The zero-order valence-corrected chi connectivity index (χ0v) is 30.8. The molecule has 0 unspecified atom stereocenters. The number of anilines is 3. The summed E-state index contributed by atoms with van der Waals surface area (Å²) in [6.45, 7) is 0. The molecule has 0 saturated heterocycles. The van der Waals surface area contributed by atoms with Gasteiger partial charge in [-0.3, -0.25) is 0 Å². The Bertz CT molecular complexity index is 3530. The molecule has 0 amide bonds. The molecule has 3 heteroatoms. The lowest BCUT2D eigenvalue weighted by Gasteiger charge is -2.28. The molecule has 0 fully saturated rings. The van der Waals surface area contributed by atoms with Crippen molar-refractivity contribution in [2.24, 2.45) is 0 Å². The first-order valence-electron chi connectivity index (χ1n) is 19.4. The summed E-state index contributed by atoms with van der Waals surface area (Å²) in [5.74, 6) is 0. The fourth-order valence-electron chi connectivity index (χ4n) is 8.94. The predicted octanol–water partition coefficient (Wildman–Crippen LogP) is 15.7. The Morgan fingerprint density at radius 2 is 0.947 bits per heavy atom. The highest BCUT2D eigenvalue weighted by molar-refractivity contribution is 6.17. The molecule has 2 aromatic heterocycles. The number of hydrogen-bond acceptors (Lipinski definition) is 3. The number of nitrogens with zero attached hydrogens (tertiary/aromatic N) is 1. The molecule has 266 valence electrons. The molecule has 2 heterocycles. The van der Waals surface area contributed by atoms with E-state index in [1.165, 1.54) is 32.5 Å². The van der Waals surface area contributed by atoms with E-state index in [1.807, 2.05) is 12.1 Å². The van der Waals surface area contributed by atoms with Crippen molar-refractivity contribution in [2.75, 3.05) is 4.90 Å². The summed E-state index contributed by atoms with van der Waals surface area (Å²) in [5, 5.41) is 11.8. The number of fused-ring (bicyclic) bond motifs is 10. The molecule has 3 nitrogen and oxygen atoms in total. The van der Waals surface area contributed by atoms with Crippen molar-refractivity contribution in [3.05, 3.63) is 200 Å². The largest absolute Gasteiger partial charge is 0.456 e. The zero-order chi connectivity index (χ0) is 37.5. The van der Waals surface area contributed by atoms with Gasteiger partial charge in [0, 0.05) is 32.8 Å². The molecule has 0 atom stereocenters. The van der Waals surface area contributed by atoms with Crippen LogP contribution in [0, 0.1) is 0 Å². The van der Waals surface area contributed by atoms with E-state index in [9.17, 15) is 0 Å². The average Bonchev–Trinajstić information content (AvgIpc) is 3.84. The van der Waals surface area contributed by atoms with Crippen LogP contribution in [0.1, 0.15) is 0 Å². The molecule has 0 aliphatic carbocycles. The van der Waals surface area contributed by atoms with Crippen LogP contribution < -0.4 is 4.90 Å². The summed E-state index contributed by atoms with van der Waals surface area (Å²) < 4.78 is 13.3. The van der Waals surface area contributed by atoms with E-state index in [4.69, 9.17) is 8.83 Å². The molecule has 10 aromatic carbocycles. The van der Waals surface area contributed by atoms with Crippen molar-refractivity contribution < 1.29 is 8.83 Å². The van der Waals surface area contributed by atoms with Crippen LogP contribution in [0.4, 0.5) is 17.1 Å². The lowest BCUT2D eigenvalue weighted by atomic mass is 9.95. The second kappa shape index (κ2) is 12.5. The Morgan fingerprint density at radius 3 is 1.84 bits per heavy atom. The van der Waals surface area contributed by atoms with Crippen LogP contribution in [-0.4, -0.2) is 0 Å². The first kappa shape index (κ1) is 31.7. The van der Waals surface area contributed by atoms with E-state index >= 15 is 0 Å². The van der Waals surface area contributed by atoms with Crippen molar-refractivity contribution in [1.82, 2.24) is 0 Å². The Hall–Kier alpha value is -7.62. The van der Waals surface area contributed by atoms with Gasteiger partial charge in [-0.05, 0) is 104 Å². The SMILES string of the molecule is c1ccc(N(c2ccc(-c3ccc4c(ccc5ccccc54)c3)cc2)c2cccc3c2oc2ccccc23)c(-c2cccc3oc4cc5ccccc5cc4c23)c1. The van der Waals surface area contributed by atoms with Crippen LogP contribution in [0.15, 0.2) is 209 Å². The molecule has 0 N–H and O–H groups in total. The average molecular weight is 728 g/mol. The van der Waals surface area contributed by atoms with Gasteiger partial charge in [-0.15, -0.1) is 0 Å². The minimum absolute atomic E-state index is 0.845. The molecule has 0 radical (unpaired) electrons. The molecule has 0 aliphatic heterocycles. The summed E-state index contributed by atoms with van der Waals surface area (Å²) in [6.07, 6.45) is 0. The summed E-state index contributed by atoms with van der Waals surface area (Å²) in [5.41, 5.74) is 11.1. The third kappa shape index (κ3) is 4.99. The molecule has 12 rings (SSSR count). The fourth-order valence-corrected chi connectivity index (χ4v) is 8.94. The Labute approximate surface area is 328 Å². The van der Waals surface area contributed by atoms with Gasteiger partial charge in [-0.2, -0.15) is 0 Å². The smallest absolute Gasteiger partial charge is 0.159 e. The van der Waals surface area contributed by atoms with E-state index in [0.717, 1.165) is 83.0 Å². The molecule has 57 heavy (non-hydrogen) atoms. The highest BCUT2D eigenvalue weighted by Crippen LogP contribution is 2.48. The van der Waals surface area contributed by atoms with Crippen LogP contribution in [0.25, 0.3) is 98.4 Å². The second-order valence-corrected chi connectivity index (χ2v) is 14.9. The third-order valence-electron chi connectivity index (χ3n) is 11.6. The second-order valence-electron chi connectivity index (χ2n) is 14.9. The molecule has 0 saturated carbocycles. The van der Waals surface area contributed by atoms with Gasteiger partial charge in [-0.25, -0.2) is 0 Å². The third-order valence-corrected chi connectivity index (χ3v) is 11.6. The Balaban J connectivity index is 1.06. The van der Waals surface area contributed by atoms with E-state index < -0.39 is 0 Å². The van der Waals surface area contributed by atoms with Crippen molar-refractivity contribution >= 4 is 93.3 Å². The normalized spacial score (nSPS) is 11.9. The fraction of sp³-hybridized carbons (Fsp3) is 0. The maximum absolute atomic E-state index is 6.72. The standard InChI is InChI=1S/C54H33NO2/c1-2-13-37-33-52-47(32-36(37)12-1)53-45(17-10-22-51(53)56-52)43-15-5-7-19-48(43)55(49-20-9-18-46-44-16-6-8-21-50(44)57-54(46)49)40-28-25-34(26-29-40)38-27-30-42-39(31-38)24-23-35-11-3-4-14-41(35)42/h1-33H. The minimum Gasteiger partial charge on any atom is -0.456 e. The maximum atomic E-state index is 6.72. The molecule has 0 spiro atoms. The monoisotopic (exact) mass is 727 g/mol. The number of rotatable bonds is 5.